The fourth-order valence-electron chi connectivity index (χ4n) is 2.67. The van der Waals surface area contributed by atoms with Gasteiger partial charge in [0.25, 0.3) is 0 Å². The van der Waals surface area contributed by atoms with E-state index in [0.29, 0.717) is 12.3 Å². The number of carbonyl (C=O) groups is 1. The molecule has 0 saturated carbocycles. The van der Waals surface area contributed by atoms with E-state index in [0.717, 1.165) is 31.7 Å². The number of anilines is 1. The second kappa shape index (κ2) is 7.29. The number of amides is 1. The quantitative estimate of drug-likeness (QED) is 0.800. The van der Waals surface area contributed by atoms with Crippen LogP contribution in [0, 0.1) is 5.92 Å². The first kappa shape index (κ1) is 14.1. The van der Waals surface area contributed by atoms with E-state index < -0.39 is 0 Å². The summed E-state index contributed by atoms with van der Waals surface area (Å²) in [7, 11) is 0. The molecule has 1 amide bonds. The van der Waals surface area contributed by atoms with Gasteiger partial charge in [0.1, 0.15) is 0 Å². The summed E-state index contributed by atoms with van der Waals surface area (Å²) in [6, 6.07) is 9.93. The molecule has 1 fully saturated rings. The van der Waals surface area contributed by atoms with Crippen molar-refractivity contribution >= 4 is 11.6 Å². The van der Waals surface area contributed by atoms with Gasteiger partial charge in [-0.3, -0.25) is 4.79 Å². The van der Waals surface area contributed by atoms with Crippen molar-refractivity contribution in [3.63, 3.8) is 0 Å². The summed E-state index contributed by atoms with van der Waals surface area (Å²) in [4.78, 5) is 14.2. The summed E-state index contributed by atoms with van der Waals surface area (Å²) >= 11 is 0. The highest BCUT2D eigenvalue weighted by Gasteiger charge is 2.18. The summed E-state index contributed by atoms with van der Waals surface area (Å²) in [5.41, 5.74) is 1.00. The van der Waals surface area contributed by atoms with Gasteiger partial charge in [0, 0.05) is 31.7 Å². The molecule has 19 heavy (non-hydrogen) atoms. The Hall–Kier alpha value is -1.35. The number of carbonyl (C=O) groups excluding carboxylic acids is 1. The molecule has 1 aliphatic rings. The fourth-order valence-corrected chi connectivity index (χ4v) is 2.67. The number of piperidine rings is 1. The average Bonchev–Trinajstić information content (AvgIpc) is 2.48. The van der Waals surface area contributed by atoms with Crippen molar-refractivity contribution in [2.75, 3.05) is 24.5 Å². The molecule has 2 rings (SSSR count). The van der Waals surface area contributed by atoms with E-state index in [1.165, 1.54) is 12.8 Å². The van der Waals surface area contributed by atoms with E-state index in [4.69, 9.17) is 0 Å². The largest absolute Gasteiger partial charge is 0.313 e. The minimum atomic E-state index is 0.235. The van der Waals surface area contributed by atoms with Crippen molar-refractivity contribution in [3.8, 4) is 0 Å². The lowest BCUT2D eigenvalue weighted by Gasteiger charge is -2.24. The molecule has 1 unspecified atom stereocenters. The van der Waals surface area contributed by atoms with Crippen LogP contribution in [0.3, 0.4) is 0 Å². The third-order valence-corrected chi connectivity index (χ3v) is 3.77. The zero-order valence-corrected chi connectivity index (χ0v) is 11.7. The maximum atomic E-state index is 12.3. The summed E-state index contributed by atoms with van der Waals surface area (Å²) < 4.78 is 0. The van der Waals surface area contributed by atoms with Crippen LogP contribution in [-0.2, 0) is 4.79 Å². The Balaban J connectivity index is 1.86. The molecule has 1 radical (unpaired) electrons. The van der Waals surface area contributed by atoms with Crippen LogP contribution in [0.25, 0.3) is 0 Å². The molecule has 0 bridgehead atoms. The monoisotopic (exact) mass is 259 g/mol. The number of hydrogen-bond donors (Lipinski definition) is 0. The molecule has 3 heteroatoms. The highest BCUT2D eigenvalue weighted by Crippen LogP contribution is 2.19. The normalized spacial score (nSPS) is 19.1. The maximum Gasteiger partial charge on any atom is 0.226 e. The highest BCUT2D eigenvalue weighted by molar-refractivity contribution is 5.93. The van der Waals surface area contributed by atoms with E-state index >= 15 is 0 Å². The second-order valence-electron chi connectivity index (χ2n) is 5.15. The van der Waals surface area contributed by atoms with Crippen molar-refractivity contribution < 1.29 is 4.79 Å². The third kappa shape index (κ3) is 4.06. The van der Waals surface area contributed by atoms with Crippen LogP contribution in [0.15, 0.2) is 30.3 Å². The van der Waals surface area contributed by atoms with Crippen LogP contribution in [0.2, 0.25) is 0 Å². The second-order valence-corrected chi connectivity index (χ2v) is 5.15. The van der Waals surface area contributed by atoms with Gasteiger partial charge in [-0.15, -0.1) is 0 Å². The maximum absolute atomic E-state index is 12.3. The van der Waals surface area contributed by atoms with Gasteiger partial charge in [0.2, 0.25) is 5.91 Å². The molecule has 103 valence electrons. The Morgan fingerprint density at radius 2 is 2.16 bits per heavy atom. The van der Waals surface area contributed by atoms with E-state index in [-0.39, 0.29) is 5.91 Å². The van der Waals surface area contributed by atoms with Crippen molar-refractivity contribution in [3.05, 3.63) is 30.3 Å². The molecular formula is C16H23N2O. The number of rotatable bonds is 5. The minimum absolute atomic E-state index is 0.235. The minimum Gasteiger partial charge on any atom is -0.313 e. The Morgan fingerprint density at radius 1 is 1.37 bits per heavy atom. The van der Waals surface area contributed by atoms with E-state index in [9.17, 15) is 4.79 Å². The first-order valence-corrected chi connectivity index (χ1v) is 7.30. The predicted molar refractivity (Wildman–Crippen MR) is 78.3 cm³/mol. The lowest BCUT2D eigenvalue weighted by molar-refractivity contribution is -0.118. The number of hydrogen-bond acceptors (Lipinski definition) is 1. The molecule has 0 aliphatic carbocycles. The van der Waals surface area contributed by atoms with Crippen LogP contribution < -0.4 is 10.2 Å². The first-order valence-electron chi connectivity index (χ1n) is 7.30. The van der Waals surface area contributed by atoms with E-state index in [1.807, 2.05) is 42.2 Å². The summed E-state index contributed by atoms with van der Waals surface area (Å²) in [6.45, 7) is 4.72. The van der Waals surface area contributed by atoms with Crippen molar-refractivity contribution in [1.82, 2.24) is 5.32 Å². The van der Waals surface area contributed by atoms with Gasteiger partial charge in [0.15, 0.2) is 0 Å². The molecule has 0 aromatic heterocycles. The van der Waals surface area contributed by atoms with Crippen LogP contribution in [0.5, 0.6) is 0 Å². The third-order valence-electron chi connectivity index (χ3n) is 3.77. The smallest absolute Gasteiger partial charge is 0.226 e. The van der Waals surface area contributed by atoms with Crippen molar-refractivity contribution in [2.45, 2.75) is 32.6 Å². The van der Waals surface area contributed by atoms with Gasteiger partial charge in [-0.25, -0.2) is 5.32 Å². The van der Waals surface area contributed by atoms with E-state index in [1.54, 1.807) is 0 Å². The molecule has 1 saturated heterocycles. The number of para-hydroxylation sites is 1. The highest BCUT2D eigenvalue weighted by atomic mass is 16.2. The van der Waals surface area contributed by atoms with Crippen LogP contribution in [0.1, 0.15) is 32.6 Å². The van der Waals surface area contributed by atoms with Gasteiger partial charge in [-0.2, -0.15) is 0 Å². The zero-order chi connectivity index (χ0) is 13.5. The standard InChI is InChI=1S/C16H23N2O/c1-2-18(15-8-4-3-5-9-15)16(19)11-10-14-7-6-12-17-13-14/h3-5,8-9,14H,2,6-7,10-13H2,1H3. The lowest BCUT2D eigenvalue weighted by Crippen LogP contribution is -2.32. The summed E-state index contributed by atoms with van der Waals surface area (Å²) in [6.07, 6.45) is 4.04. The fraction of sp³-hybridized carbons (Fsp3) is 0.562. The molecular weight excluding hydrogens is 236 g/mol. The first-order chi connectivity index (χ1) is 9.31. The number of nitrogens with zero attached hydrogens (tertiary/aromatic N) is 2. The Morgan fingerprint density at radius 3 is 2.79 bits per heavy atom. The Bertz CT molecular complexity index is 385. The molecule has 0 N–H and O–H groups in total. The average molecular weight is 259 g/mol. The van der Waals surface area contributed by atoms with Crippen molar-refractivity contribution in [2.24, 2.45) is 5.92 Å². The van der Waals surface area contributed by atoms with Crippen LogP contribution in [-0.4, -0.2) is 25.5 Å². The van der Waals surface area contributed by atoms with Gasteiger partial charge >= 0.3 is 0 Å². The predicted octanol–water partition coefficient (Wildman–Crippen LogP) is 2.83. The molecule has 1 aliphatic heterocycles. The lowest BCUT2D eigenvalue weighted by atomic mass is 9.94. The van der Waals surface area contributed by atoms with Crippen LogP contribution >= 0.6 is 0 Å². The van der Waals surface area contributed by atoms with Gasteiger partial charge in [-0.05, 0) is 44.2 Å². The zero-order valence-electron chi connectivity index (χ0n) is 11.7. The van der Waals surface area contributed by atoms with E-state index in [2.05, 4.69) is 5.32 Å². The van der Waals surface area contributed by atoms with Crippen LogP contribution in [0.4, 0.5) is 5.69 Å². The molecule has 1 heterocycles. The molecule has 3 nitrogen and oxygen atoms in total. The summed E-state index contributed by atoms with van der Waals surface area (Å²) in [5, 5.41) is 4.43. The summed E-state index contributed by atoms with van der Waals surface area (Å²) in [5.74, 6) is 0.853. The van der Waals surface area contributed by atoms with Gasteiger partial charge < -0.3 is 4.90 Å². The van der Waals surface area contributed by atoms with Crippen molar-refractivity contribution in [1.29, 1.82) is 0 Å². The number of benzene rings is 1. The molecule has 1 aromatic rings. The van der Waals surface area contributed by atoms with Gasteiger partial charge in [-0.1, -0.05) is 18.2 Å². The topological polar surface area (TPSA) is 34.4 Å². The molecule has 1 atom stereocenters. The Labute approximate surface area is 116 Å². The molecule has 0 spiro atoms. The SMILES string of the molecule is CCN(C(=O)CCC1CCC[N]C1)c1ccccc1. The Kier molecular flexibility index (Phi) is 5.40. The molecule has 1 aromatic carbocycles. The van der Waals surface area contributed by atoms with Gasteiger partial charge in [0.05, 0.1) is 0 Å².